The number of carbonyl (C=O) groups is 2. The summed E-state index contributed by atoms with van der Waals surface area (Å²) in [6.45, 7) is 4.96. The molecule has 42 heavy (non-hydrogen) atoms. The van der Waals surface area contributed by atoms with Crippen LogP contribution in [-0.2, 0) is 26.2 Å². The molecule has 0 heterocycles. The van der Waals surface area contributed by atoms with Gasteiger partial charge in [-0.25, -0.2) is 8.42 Å². The number of nitrogens with zero attached hydrogens (tertiary/aromatic N) is 2. The van der Waals surface area contributed by atoms with Crippen molar-refractivity contribution in [2.24, 2.45) is 0 Å². The standard InChI is InChI=1S/C31H39N3O7S/c1-7-27(31(36)32-22(2)3)33(20-23-13-15-24(39-4)16-14-23)30(35)21-34(42(37,38)26-11-9-8-10-12-26)28-19-25(40-5)17-18-29(28)41-6/h8-19,22,27H,7,20-21H2,1-6H3,(H,32,36)/t27-/m1/s1. The van der Waals surface area contributed by atoms with Crippen LogP contribution < -0.4 is 23.8 Å². The van der Waals surface area contributed by atoms with E-state index in [4.69, 9.17) is 14.2 Å². The molecule has 0 aromatic heterocycles. The molecule has 0 unspecified atom stereocenters. The molecule has 0 fully saturated rings. The normalized spacial score (nSPS) is 11.9. The van der Waals surface area contributed by atoms with E-state index in [1.54, 1.807) is 61.7 Å². The monoisotopic (exact) mass is 597 g/mol. The molecule has 3 rings (SSSR count). The molecule has 1 atom stereocenters. The van der Waals surface area contributed by atoms with Crippen LogP contribution in [0.4, 0.5) is 5.69 Å². The summed E-state index contributed by atoms with van der Waals surface area (Å²) in [5.74, 6) is 0.358. The Morgan fingerprint density at radius 3 is 2.02 bits per heavy atom. The maximum absolute atomic E-state index is 14.2. The number of nitrogens with one attached hydrogen (secondary N) is 1. The number of sulfonamides is 1. The summed E-state index contributed by atoms with van der Waals surface area (Å²) in [5.41, 5.74) is 0.870. The largest absolute Gasteiger partial charge is 0.497 e. The Morgan fingerprint density at radius 1 is 0.857 bits per heavy atom. The van der Waals surface area contributed by atoms with Crippen molar-refractivity contribution < 1.29 is 32.2 Å². The summed E-state index contributed by atoms with van der Waals surface area (Å²) >= 11 is 0. The smallest absolute Gasteiger partial charge is 0.264 e. The second-order valence-electron chi connectivity index (χ2n) is 9.82. The maximum atomic E-state index is 14.2. The molecule has 0 bridgehead atoms. The molecule has 226 valence electrons. The summed E-state index contributed by atoms with van der Waals surface area (Å²) in [7, 11) is 0.175. The van der Waals surface area contributed by atoms with Gasteiger partial charge in [-0.1, -0.05) is 37.3 Å². The lowest BCUT2D eigenvalue weighted by atomic mass is 10.1. The number of anilines is 1. The molecule has 11 heteroatoms. The molecule has 3 aromatic rings. The van der Waals surface area contributed by atoms with E-state index in [9.17, 15) is 18.0 Å². The number of ether oxygens (including phenoxy) is 3. The predicted octanol–water partition coefficient (Wildman–Crippen LogP) is 4.24. The number of hydrogen-bond acceptors (Lipinski definition) is 7. The molecule has 3 aromatic carbocycles. The Labute approximate surface area is 248 Å². The van der Waals surface area contributed by atoms with Crippen LogP contribution in [0.15, 0.2) is 77.7 Å². The average molecular weight is 598 g/mol. The van der Waals surface area contributed by atoms with E-state index in [-0.39, 0.29) is 34.8 Å². The lowest BCUT2D eigenvalue weighted by Crippen LogP contribution is -2.53. The molecule has 1 N–H and O–H groups in total. The summed E-state index contributed by atoms with van der Waals surface area (Å²) in [5, 5.41) is 2.89. The molecule has 0 saturated carbocycles. The minimum absolute atomic E-state index is 0.00558. The fourth-order valence-electron chi connectivity index (χ4n) is 4.45. The lowest BCUT2D eigenvalue weighted by molar-refractivity contribution is -0.140. The SMILES string of the molecule is CC[C@H](C(=O)NC(C)C)N(Cc1ccc(OC)cc1)C(=O)CN(c1cc(OC)ccc1OC)S(=O)(=O)c1ccccc1. The average Bonchev–Trinajstić information content (AvgIpc) is 2.99. The van der Waals surface area contributed by atoms with E-state index < -0.39 is 28.5 Å². The Bertz CT molecular complexity index is 1450. The molecule has 0 aliphatic carbocycles. The van der Waals surface area contributed by atoms with Crippen LogP contribution in [0.1, 0.15) is 32.8 Å². The molecule has 0 spiro atoms. The number of carbonyl (C=O) groups excluding carboxylic acids is 2. The van der Waals surface area contributed by atoms with Crippen LogP contribution in [0.25, 0.3) is 0 Å². The third kappa shape index (κ3) is 7.73. The van der Waals surface area contributed by atoms with E-state index in [1.807, 2.05) is 20.8 Å². The molecule has 0 radical (unpaired) electrons. The van der Waals surface area contributed by atoms with Crippen LogP contribution in [0.5, 0.6) is 17.2 Å². The van der Waals surface area contributed by atoms with Gasteiger partial charge in [-0.3, -0.25) is 13.9 Å². The molecule has 0 aliphatic rings. The van der Waals surface area contributed by atoms with Crippen molar-refractivity contribution in [3.05, 3.63) is 78.4 Å². The first-order valence-corrected chi connectivity index (χ1v) is 15.0. The van der Waals surface area contributed by atoms with Gasteiger partial charge < -0.3 is 24.4 Å². The summed E-state index contributed by atoms with van der Waals surface area (Å²) in [6, 6.07) is 18.7. The van der Waals surface area contributed by atoms with Crippen molar-refractivity contribution in [1.29, 1.82) is 0 Å². The second-order valence-corrected chi connectivity index (χ2v) is 11.7. The van der Waals surface area contributed by atoms with Gasteiger partial charge >= 0.3 is 0 Å². The van der Waals surface area contributed by atoms with Crippen molar-refractivity contribution in [3.8, 4) is 17.2 Å². The Kier molecular flexibility index (Phi) is 11.2. The number of amides is 2. The lowest BCUT2D eigenvalue weighted by Gasteiger charge is -2.34. The third-order valence-corrected chi connectivity index (χ3v) is 8.37. The topological polar surface area (TPSA) is 114 Å². The van der Waals surface area contributed by atoms with E-state index in [1.165, 1.54) is 37.3 Å². The van der Waals surface area contributed by atoms with Gasteiger partial charge in [-0.15, -0.1) is 0 Å². The first kappa shape index (κ1) is 32.3. The zero-order valence-electron chi connectivity index (χ0n) is 24.9. The Morgan fingerprint density at radius 2 is 1.48 bits per heavy atom. The predicted molar refractivity (Wildman–Crippen MR) is 161 cm³/mol. The van der Waals surface area contributed by atoms with Gasteiger partial charge in [0.25, 0.3) is 10.0 Å². The minimum Gasteiger partial charge on any atom is -0.497 e. The number of benzene rings is 3. The van der Waals surface area contributed by atoms with Gasteiger partial charge in [0.2, 0.25) is 11.8 Å². The summed E-state index contributed by atoms with van der Waals surface area (Å²) < 4.78 is 45.3. The van der Waals surface area contributed by atoms with Gasteiger partial charge in [0.1, 0.15) is 29.8 Å². The first-order chi connectivity index (χ1) is 20.0. The highest BCUT2D eigenvalue weighted by Gasteiger charge is 2.35. The maximum Gasteiger partial charge on any atom is 0.264 e. The van der Waals surface area contributed by atoms with E-state index in [0.29, 0.717) is 17.9 Å². The van der Waals surface area contributed by atoms with Crippen LogP contribution >= 0.6 is 0 Å². The van der Waals surface area contributed by atoms with Gasteiger partial charge in [0, 0.05) is 18.7 Å². The van der Waals surface area contributed by atoms with Crippen LogP contribution in [0.3, 0.4) is 0 Å². The molecular formula is C31H39N3O7S. The van der Waals surface area contributed by atoms with Crippen LogP contribution in [0, 0.1) is 0 Å². The van der Waals surface area contributed by atoms with Gasteiger partial charge in [-0.05, 0) is 62.2 Å². The Balaban J connectivity index is 2.13. The highest BCUT2D eigenvalue weighted by atomic mass is 32.2. The molecule has 0 aliphatic heterocycles. The van der Waals surface area contributed by atoms with Gasteiger partial charge in [-0.2, -0.15) is 0 Å². The summed E-state index contributed by atoms with van der Waals surface area (Å²) in [6.07, 6.45) is 0.314. The second kappa shape index (κ2) is 14.6. The van der Waals surface area contributed by atoms with Crippen molar-refractivity contribution in [2.45, 2.75) is 50.7 Å². The van der Waals surface area contributed by atoms with Gasteiger partial charge in [0.05, 0.1) is 31.9 Å². The minimum atomic E-state index is -4.26. The van der Waals surface area contributed by atoms with E-state index in [0.717, 1.165) is 9.87 Å². The molecule has 0 saturated heterocycles. The van der Waals surface area contributed by atoms with Crippen LogP contribution in [0.2, 0.25) is 0 Å². The highest BCUT2D eigenvalue weighted by molar-refractivity contribution is 7.92. The molecular weight excluding hydrogens is 558 g/mol. The zero-order chi connectivity index (χ0) is 30.9. The molecule has 2 amide bonds. The summed E-state index contributed by atoms with van der Waals surface area (Å²) in [4.78, 5) is 28.9. The zero-order valence-corrected chi connectivity index (χ0v) is 25.7. The number of rotatable bonds is 14. The quantitative estimate of drug-likeness (QED) is 0.296. The van der Waals surface area contributed by atoms with Crippen molar-refractivity contribution in [2.75, 3.05) is 32.2 Å². The fraction of sp³-hybridized carbons (Fsp3) is 0.355. The number of hydrogen-bond donors (Lipinski definition) is 1. The van der Waals surface area contributed by atoms with Crippen molar-refractivity contribution >= 4 is 27.5 Å². The van der Waals surface area contributed by atoms with Crippen molar-refractivity contribution in [3.63, 3.8) is 0 Å². The Hall–Kier alpha value is -4.25. The van der Waals surface area contributed by atoms with E-state index in [2.05, 4.69) is 5.32 Å². The fourth-order valence-corrected chi connectivity index (χ4v) is 5.89. The first-order valence-electron chi connectivity index (χ1n) is 13.6. The highest BCUT2D eigenvalue weighted by Crippen LogP contribution is 2.36. The van der Waals surface area contributed by atoms with Crippen molar-refractivity contribution in [1.82, 2.24) is 10.2 Å². The van der Waals surface area contributed by atoms with Crippen LogP contribution in [-0.4, -0.2) is 65.1 Å². The number of methoxy groups -OCH3 is 3. The third-order valence-electron chi connectivity index (χ3n) is 6.59. The molecule has 10 nitrogen and oxygen atoms in total. The van der Waals surface area contributed by atoms with E-state index >= 15 is 0 Å². The van der Waals surface area contributed by atoms with Gasteiger partial charge in [0.15, 0.2) is 0 Å².